The minimum Gasteiger partial charge on any atom is -0.481 e. The van der Waals surface area contributed by atoms with Crippen molar-refractivity contribution in [1.82, 2.24) is 5.48 Å². The molecule has 5 unspecified atom stereocenters. The van der Waals surface area contributed by atoms with Gasteiger partial charge in [0, 0.05) is 11.8 Å². The highest BCUT2D eigenvalue weighted by Crippen LogP contribution is 2.81. The summed E-state index contributed by atoms with van der Waals surface area (Å²) in [5, 5.41) is 9.76. The van der Waals surface area contributed by atoms with Gasteiger partial charge in [-0.15, -0.1) is 5.48 Å². The zero-order chi connectivity index (χ0) is 22.2. The van der Waals surface area contributed by atoms with Crippen LogP contribution in [0.2, 0.25) is 0 Å². The predicted molar refractivity (Wildman–Crippen MR) is 100 cm³/mol. The summed E-state index contributed by atoms with van der Waals surface area (Å²) in [6, 6.07) is 0. The van der Waals surface area contributed by atoms with Crippen molar-refractivity contribution in [2.24, 2.45) is 28.6 Å². The van der Waals surface area contributed by atoms with Crippen LogP contribution in [0.25, 0.3) is 0 Å². The number of nitrogens with one attached hydrogen (secondary N) is 1. The van der Waals surface area contributed by atoms with E-state index in [2.05, 4.69) is 0 Å². The fourth-order valence-electron chi connectivity index (χ4n) is 5.58. The molecule has 9 heteroatoms. The molecular formula is C20H31NO8. The van der Waals surface area contributed by atoms with Gasteiger partial charge < -0.3 is 19.4 Å². The number of hydrogen-bond donors (Lipinski definition) is 2. The van der Waals surface area contributed by atoms with Crippen molar-refractivity contribution in [1.29, 1.82) is 0 Å². The van der Waals surface area contributed by atoms with Crippen LogP contribution in [-0.4, -0.2) is 41.8 Å². The molecule has 2 aliphatic rings. The van der Waals surface area contributed by atoms with Crippen LogP contribution in [-0.2, 0) is 28.7 Å². The zero-order valence-electron chi connectivity index (χ0n) is 17.9. The molecule has 0 radical (unpaired) electrons. The average molecular weight is 413 g/mol. The molecule has 0 aliphatic heterocycles. The number of carboxylic acids is 1. The van der Waals surface area contributed by atoms with E-state index in [-0.39, 0.29) is 18.3 Å². The van der Waals surface area contributed by atoms with Crippen LogP contribution >= 0.6 is 0 Å². The zero-order valence-corrected chi connectivity index (χ0v) is 17.9. The number of amides is 1. The maximum atomic E-state index is 13.1. The van der Waals surface area contributed by atoms with E-state index in [4.69, 9.17) is 14.3 Å². The Balaban J connectivity index is 2.28. The molecule has 0 aromatic rings. The largest absolute Gasteiger partial charge is 0.481 e. The van der Waals surface area contributed by atoms with Gasteiger partial charge in [-0.05, 0) is 51.9 Å². The Morgan fingerprint density at radius 3 is 2.21 bits per heavy atom. The first-order valence-electron chi connectivity index (χ1n) is 9.90. The van der Waals surface area contributed by atoms with Crippen LogP contribution in [0.4, 0.5) is 4.79 Å². The van der Waals surface area contributed by atoms with E-state index < -0.39 is 46.4 Å². The quantitative estimate of drug-likeness (QED) is 0.386. The summed E-state index contributed by atoms with van der Waals surface area (Å²) in [7, 11) is 1.28. The van der Waals surface area contributed by atoms with Crippen LogP contribution in [0, 0.1) is 28.6 Å². The van der Waals surface area contributed by atoms with Crippen molar-refractivity contribution in [3.8, 4) is 0 Å². The highest BCUT2D eigenvalue weighted by atomic mass is 16.7. The molecule has 2 aliphatic carbocycles. The maximum Gasteiger partial charge on any atom is 0.441 e. The van der Waals surface area contributed by atoms with Crippen LogP contribution < -0.4 is 5.48 Å². The van der Waals surface area contributed by atoms with E-state index in [9.17, 15) is 24.3 Å². The summed E-state index contributed by atoms with van der Waals surface area (Å²) >= 11 is 0. The monoisotopic (exact) mass is 413 g/mol. The average Bonchev–Trinajstić information content (AvgIpc) is 3.25. The van der Waals surface area contributed by atoms with Crippen molar-refractivity contribution >= 4 is 24.0 Å². The predicted octanol–water partition coefficient (Wildman–Crippen LogP) is 2.68. The normalized spacial score (nSPS) is 32.7. The Morgan fingerprint density at radius 1 is 1.14 bits per heavy atom. The van der Waals surface area contributed by atoms with Gasteiger partial charge >= 0.3 is 24.0 Å². The van der Waals surface area contributed by atoms with Gasteiger partial charge in [0.1, 0.15) is 5.60 Å². The van der Waals surface area contributed by atoms with E-state index in [1.807, 2.05) is 12.4 Å². The smallest absolute Gasteiger partial charge is 0.441 e. The van der Waals surface area contributed by atoms with E-state index >= 15 is 0 Å². The van der Waals surface area contributed by atoms with Crippen molar-refractivity contribution in [3.05, 3.63) is 0 Å². The number of carboxylic acid groups (broad SMARTS) is 1. The summed E-state index contributed by atoms with van der Waals surface area (Å²) in [5.41, 5.74) is -0.691. The van der Waals surface area contributed by atoms with E-state index in [1.165, 1.54) is 7.11 Å². The molecule has 2 fully saturated rings. The van der Waals surface area contributed by atoms with Gasteiger partial charge in [-0.2, -0.15) is 0 Å². The van der Waals surface area contributed by atoms with Crippen LogP contribution in [0.15, 0.2) is 0 Å². The molecule has 9 nitrogen and oxygen atoms in total. The highest BCUT2D eigenvalue weighted by Gasteiger charge is 2.83. The minimum absolute atomic E-state index is 0.0429. The Labute approximate surface area is 170 Å². The van der Waals surface area contributed by atoms with Gasteiger partial charge in [-0.3, -0.25) is 9.59 Å². The number of hydrogen-bond acceptors (Lipinski definition) is 7. The van der Waals surface area contributed by atoms with E-state index in [1.54, 1.807) is 27.7 Å². The van der Waals surface area contributed by atoms with E-state index in [0.29, 0.717) is 19.3 Å². The molecule has 164 valence electrons. The lowest BCUT2D eigenvalue weighted by Gasteiger charge is -2.36. The molecule has 0 heterocycles. The molecule has 0 aromatic heterocycles. The number of fused-ring (bicyclic) bond motifs is 1. The number of methoxy groups -OCH3 is 1. The first-order valence-corrected chi connectivity index (χ1v) is 9.90. The highest BCUT2D eigenvalue weighted by molar-refractivity contribution is 5.86. The van der Waals surface area contributed by atoms with E-state index in [0.717, 1.165) is 0 Å². The molecule has 0 aromatic carbocycles. The van der Waals surface area contributed by atoms with Crippen molar-refractivity contribution in [2.45, 2.75) is 65.9 Å². The lowest BCUT2D eigenvalue weighted by molar-refractivity contribution is -0.170. The number of hydroxylamine groups is 1. The van der Waals surface area contributed by atoms with Gasteiger partial charge in [-0.1, -0.05) is 13.8 Å². The standard InChI is InChI=1S/C20H31NO8/c1-7-19(16(25)29-21-17(26)28-18(3,4)5)10-11(9-12(22)27-6)13-14(15(23)24)20(13,19)8-2/h11,13-14H,7-10H2,1-6H3,(H,21,26)(H,23,24). The Kier molecular flexibility index (Phi) is 6.20. The molecule has 2 N–H and O–H groups in total. The van der Waals surface area contributed by atoms with Crippen LogP contribution in [0.5, 0.6) is 0 Å². The molecule has 2 rings (SSSR count). The molecule has 1 amide bonds. The fourth-order valence-corrected chi connectivity index (χ4v) is 5.58. The third kappa shape index (κ3) is 3.79. The molecule has 29 heavy (non-hydrogen) atoms. The molecule has 0 saturated heterocycles. The Hall–Kier alpha value is -2.32. The first-order chi connectivity index (χ1) is 13.4. The number of aliphatic carboxylic acids is 1. The second-order valence-corrected chi connectivity index (χ2v) is 8.91. The van der Waals surface area contributed by atoms with Gasteiger partial charge in [0.15, 0.2) is 0 Å². The van der Waals surface area contributed by atoms with Crippen molar-refractivity contribution < 1.29 is 38.6 Å². The number of ether oxygens (including phenoxy) is 2. The van der Waals surface area contributed by atoms with Gasteiger partial charge in [0.05, 0.1) is 18.4 Å². The molecule has 5 atom stereocenters. The van der Waals surface area contributed by atoms with Crippen LogP contribution in [0.1, 0.15) is 60.3 Å². The number of rotatable bonds is 6. The van der Waals surface area contributed by atoms with Gasteiger partial charge in [0.2, 0.25) is 0 Å². The van der Waals surface area contributed by atoms with Gasteiger partial charge in [-0.25, -0.2) is 9.59 Å². The fraction of sp³-hybridized carbons (Fsp3) is 0.800. The third-order valence-electron chi connectivity index (χ3n) is 6.54. The first kappa shape index (κ1) is 23.0. The third-order valence-corrected chi connectivity index (χ3v) is 6.54. The Morgan fingerprint density at radius 2 is 1.76 bits per heavy atom. The SMILES string of the molecule is CCC1(C(=O)ONC(=O)OC(C)(C)C)CC(CC(=O)OC)C2C(C(=O)O)C21CC. The summed E-state index contributed by atoms with van der Waals surface area (Å²) in [5.74, 6) is -3.50. The second kappa shape index (κ2) is 7.84. The number of esters is 1. The second-order valence-electron chi connectivity index (χ2n) is 8.91. The van der Waals surface area contributed by atoms with Gasteiger partial charge in [0.25, 0.3) is 0 Å². The summed E-state index contributed by atoms with van der Waals surface area (Å²) in [4.78, 5) is 53.9. The molecular weight excluding hydrogens is 382 g/mol. The summed E-state index contributed by atoms with van der Waals surface area (Å²) in [6.07, 6.45) is 0.209. The lowest BCUT2D eigenvalue weighted by Crippen LogP contribution is -2.45. The molecule has 0 spiro atoms. The number of carbonyl (C=O) groups is 4. The molecule has 0 bridgehead atoms. The summed E-state index contributed by atoms with van der Waals surface area (Å²) in [6.45, 7) is 8.66. The van der Waals surface area contributed by atoms with Crippen molar-refractivity contribution in [3.63, 3.8) is 0 Å². The molecule has 2 saturated carbocycles. The minimum atomic E-state index is -1.12. The van der Waals surface area contributed by atoms with Crippen LogP contribution in [0.3, 0.4) is 0 Å². The Bertz CT molecular complexity index is 699. The topological polar surface area (TPSA) is 128 Å². The lowest BCUT2D eigenvalue weighted by atomic mass is 9.67. The number of carbonyl (C=O) groups excluding carboxylic acids is 3. The van der Waals surface area contributed by atoms with Crippen molar-refractivity contribution in [2.75, 3.05) is 7.11 Å². The maximum absolute atomic E-state index is 13.1. The summed E-state index contributed by atoms with van der Waals surface area (Å²) < 4.78 is 9.82.